The topological polar surface area (TPSA) is 108 Å². The number of nitro groups is 1. The van der Waals surface area contributed by atoms with Crippen LogP contribution in [0.2, 0.25) is 5.02 Å². The summed E-state index contributed by atoms with van der Waals surface area (Å²) >= 11 is 5.89. The highest BCUT2D eigenvalue weighted by Crippen LogP contribution is 2.26. The van der Waals surface area contributed by atoms with Crippen LogP contribution in [0.15, 0.2) is 30.0 Å². The van der Waals surface area contributed by atoms with Gasteiger partial charge in [-0.3, -0.25) is 14.9 Å². The molecule has 0 saturated carbocycles. The molecule has 0 fully saturated rings. The Labute approximate surface area is 126 Å². The lowest BCUT2D eigenvalue weighted by Crippen LogP contribution is -2.31. The lowest BCUT2D eigenvalue weighted by atomic mass is 10.2. The predicted octanol–water partition coefficient (Wildman–Crippen LogP) is 2.59. The zero-order valence-corrected chi connectivity index (χ0v) is 12.1. The van der Waals surface area contributed by atoms with Gasteiger partial charge in [-0.2, -0.15) is 5.26 Å². The van der Waals surface area contributed by atoms with Gasteiger partial charge in [-0.15, -0.1) is 0 Å². The van der Waals surface area contributed by atoms with Crippen molar-refractivity contribution in [1.82, 2.24) is 5.32 Å². The van der Waals surface area contributed by atoms with Crippen molar-refractivity contribution >= 4 is 28.9 Å². The first-order chi connectivity index (χ1) is 9.85. The SMILES string of the molecule is CC(C)NC(=O)/C(C#N)=C\Nc1cc([N+](=O)[O-])ccc1Cl. The number of hydrogen-bond acceptors (Lipinski definition) is 5. The molecule has 8 heteroatoms. The average molecular weight is 309 g/mol. The van der Waals surface area contributed by atoms with Gasteiger partial charge in [-0.1, -0.05) is 11.6 Å². The molecule has 0 radical (unpaired) electrons. The summed E-state index contributed by atoms with van der Waals surface area (Å²) in [5, 5.41) is 25.1. The Morgan fingerprint density at radius 3 is 2.71 bits per heavy atom. The zero-order chi connectivity index (χ0) is 16.0. The highest BCUT2D eigenvalue weighted by molar-refractivity contribution is 6.33. The summed E-state index contributed by atoms with van der Waals surface area (Å²) < 4.78 is 0. The molecule has 1 rings (SSSR count). The molecule has 2 N–H and O–H groups in total. The molecule has 7 nitrogen and oxygen atoms in total. The quantitative estimate of drug-likeness (QED) is 0.376. The van der Waals surface area contributed by atoms with Crippen molar-refractivity contribution in [2.75, 3.05) is 5.32 Å². The molecule has 0 heterocycles. The van der Waals surface area contributed by atoms with Crippen LogP contribution in [0.5, 0.6) is 0 Å². The number of amides is 1. The van der Waals surface area contributed by atoms with E-state index in [1.165, 1.54) is 18.2 Å². The molecule has 110 valence electrons. The van der Waals surface area contributed by atoms with Crippen LogP contribution in [-0.2, 0) is 4.79 Å². The maximum absolute atomic E-state index is 11.7. The highest BCUT2D eigenvalue weighted by atomic mass is 35.5. The van der Waals surface area contributed by atoms with Gasteiger partial charge in [-0.05, 0) is 19.9 Å². The van der Waals surface area contributed by atoms with Gasteiger partial charge in [0, 0.05) is 24.4 Å². The van der Waals surface area contributed by atoms with E-state index in [4.69, 9.17) is 16.9 Å². The molecule has 0 aliphatic heterocycles. The Morgan fingerprint density at radius 1 is 1.52 bits per heavy atom. The van der Waals surface area contributed by atoms with E-state index >= 15 is 0 Å². The molecule has 0 spiro atoms. The second-order valence-electron chi connectivity index (χ2n) is 4.36. The van der Waals surface area contributed by atoms with Gasteiger partial charge >= 0.3 is 0 Å². The summed E-state index contributed by atoms with van der Waals surface area (Å²) in [4.78, 5) is 21.8. The minimum atomic E-state index is -0.568. The van der Waals surface area contributed by atoms with Gasteiger partial charge in [0.1, 0.15) is 11.6 Å². The number of hydrogen-bond donors (Lipinski definition) is 2. The highest BCUT2D eigenvalue weighted by Gasteiger charge is 2.12. The van der Waals surface area contributed by atoms with Crippen LogP contribution in [-0.4, -0.2) is 16.9 Å². The molecule has 1 aromatic carbocycles. The molecule has 0 aliphatic carbocycles. The first kappa shape index (κ1) is 16.5. The largest absolute Gasteiger partial charge is 0.359 e. The summed E-state index contributed by atoms with van der Waals surface area (Å²) in [5.41, 5.74) is -0.0809. The lowest BCUT2D eigenvalue weighted by Gasteiger charge is -2.08. The summed E-state index contributed by atoms with van der Waals surface area (Å²) in [6, 6.07) is 5.46. The Morgan fingerprint density at radius 2 is 2.19 bits per heavy atom. The minimum Gasteiger partial charge on any atom is -0.359 e. The van der Waals surface area contributed by atoms with Crippen LogP contribution in [0.1, 0.15) is 13.8 Å². The third-order valence-electron chi connectivity index (χ3n) is 2.32. The molecule has 0 aromatic heterocycles. The van der Waals surface area contributed by atoms with Gasteiger partial charge < -0.3 is 10.6 Å². The summed E-state index contributed by atoms with van der Waals surface area (Å²) in [6.07, 6.45) is 1.16. The number of rotatable bonds is 5. The van der Waals surface area contributed by atoms with Crippen LogP contribution in [0, 0.1) is 21.4 Å². The molecular formula is C13H13ClN4O3. The number of nitrogens with zero attached hydrogens (tertiary/aromatic N) is 2. The van der Waals surface area contributed by atoms with Gasteiger partial charge in [0.25, 0.3) is 11.6 Å². The van der Waals surface area contributed by atoms with Crippen LogP contribution in [0.3, 0.4) is 0 Å². The van der Waals surface area contributed by atoms with Crippen molar-refractivity contribution < 1.29 is 9.72 Å². The Balaban J connectivity index is 2.97. The number of carbonyl (C=O) groups excluding carboxylic acids is 1. The predicted molar refractivity (Wildman–Crippen MR) is 78.7 cm³/mol. The molecule has 21 heavy (non-hydrogen) atoms. The smallest absolute Gasteiger partial charge is 0.271 e. The minimum absolute atomic E-state index is 0.115. The average Bonchev–Trinajstić information content (AvgIpc) is 2.40. The standard InChI is InChI=1S/C13H13ClN4O3/c1-8(2)17-13(19)9(6-15)7-16-12-5-10(18(20)21)3-4-11(12)14/h3-5,7-8,16H,1-2H3,(H,17,19)/b9-7-. The molecule has 0 atom stereocenters. The van der Waals surface area contributed by atoms with Crippen molar-refractivity contribution in [1.29, 1.82) is 5.26 Å². The van der Waals surface area contributed by atoms with Crippen molar-refractivity contribution in [2.45, 2.75) is 19.9 Å². The van der Waals surface area contributed by atoms with E-state index in [2.05, 4.69) is 10.6 Å². The molecule has 0 unspecified atom stereocenters. The number of halogens is 1. The fourth-order valence-corrected chi connectivity index (χ4v) is 1.55. The Bertz CT molecular complexity index is 635. The summed E-state index contributed by atoms with van der Waals surface area (Å²) in [7, 11) is 0. The third kappa shape index (κ3) is 4.78. The summed E-state index contributed by atoms with van der Waals surface area (Å²) in [6.45, 7) is 3.52. The fraction of sp³-hybridized carbons (Fsp3) is 0.231. The second kappa shape index (κ2) is 7.26. The van der Waals surface area contributed by atoms with E-state index in [-0.39, 0.29) is 28.0 Å². The number of carbonyl (C=O) groups is 1. The molecule has 1 amide bonds. The van der Waals surface area contributed by atoms with E-state index in [0.29, 0.717) is 0 Å². The van der Waals surface area contributed by atoms with E-state index in [1.807, 2.05) is 0 Å². The number of non-ortho nitro benzene ring substituents is 1. The Hall–Kier alpha value is -2.59. The maximum Gasteiger partial charge on any atom is 0.271 e. The van der Waals surface area contributed by atoms with Crippen LogP contribution in [0.25, 0.3) is 0 Å². The molecule has 0 aliphatic rings. The van der Waals surface area contributed by atoms with Crippen LogP contribution < -0.4 is 10.6 Å². The van der Waals surface area contributed by atoms with Gasteiger partial charge in [0.2, 0.25) is 0 Å². The van der Waals surface area contributed by atoms with Gasteiger partial charge in [-0.25, -0.2) is 0 Å². The number of benzene rings is 1. The van der Waals surface area contributed by atoms with E-state index in [1.54, 1.807) is 19.9 Å². The molecule has 0 saturated heterocycles. The van der Waals surface area contributed by atoms with E-state index < -0.39 is 10.8 Å². The number of anilines is 1. The molecule has 0 bridgehead atoms. The van der Waals surface area contributed by atoms with Gasteiger partial charge in [0.05, 0.1) is 15.6 Å². The van der Waals surface area contributed by atoms with Crippen molar-refractivity contribution in [3.63, 3.8) is 0 Å². The number of nitro benzene ring substituents is 1. The normalized spacial score (nSPS) is 10.9. The first-order valence-electron chi connectivity index (χ1n) is 5.96. The molecule has 1 aromatic rings. The summed E-state index contributed by atoms with van der Waals surface area (Å²) in [5.74, 6) is -0.540. The molecular weight excluding hydrogens is 296 g/mol. The van der Waals surface area contributed by atoms with E-state index in [0.717, 1.165) is 6.20 Å². The van der Waals surface area contributed by atoms with Crippen LogP contribution >= 0.6 is 11.6 Å². The number of nitrogens with one attached hydrogen (secondary N) is 2. The third-order valence-corrected chi connectivity index (χ3v) is 2.65. The van der Waals surface area contributed by atoms with Crippen molar-refractivity contribution in [3.05, 3.63) is 45.1 Å². The zero-order valence-electron chi connectivity index (χ0n) is 11.4. The monoisotopic (exact) mass is 308 g/mol. The van der Waals surface area contributed by atoms with Gasteiger partial charge in [0.15, 0.2) is 0 Å². The van der Waals surface area contributed by atoms with E-state index in [9.17, 15) is 14.9 Å². The van der Waals surface area contributed by atoms with Crippen LogP contribution in [0.4, 0.5) is 11.4 Å². The number of nitriles is 1. The fourth-order valence-electron chi connectivity index (χ4n) is 1.38. The lowest BCUT2D eigenvalue weighted by molar-refractivity contribution is -0.384. The Kier molecular flexibility index (Phi) is 5.69. The maximum atomic E-state index is 11.7. The second-order valence-corrected chi connectivity index (χ2v) is 4.77. The van der Waals surface area contributed by atoms with Crippen molar-refractivity contribution in [3.8, 4) is 6.07 Å². The first-order valence-corrected chi connectivity index (χ1v) is 6.34. The van der Waals surface area contributed by atoms with Crippen molar-refractivity contribution in [2.24, 2.45) is 0 Å².